The molecule has 0 saturated heterocycles. The third-order valence-corrected chi connectivity index (χ3v) is 4.99. The van der Waals surface area contributed by atoms with Crippen LogP contribution in [0.2, 0.25) is 10.0 Å². The Hall–Kier alpha value is -0.820. The van der Waals surface area contributed by atoms with Crippen LogP contribution in [0.15, 0.2) is 23.1 Å². The monoisotopic (exact) mass is 338 g/mol. The molecule has 5 nitrogen and oxygen atoms in total. The van der Waals surface area contributed by atoms with E-state index in [2.05, 4.69) is 10.0 Å². The van der Waals surface area contributed by atoms with E-state index in [4.69, 9.17) is 23.2 Å². The molecule has 1 amide bonds. The first-order valence-corrected chi connectivity index (χ1v) is 8.27. The predicted molar refractivity (Wildman–Crippen MR) is 79.5 cm³/mol. The van der Waals surface area contributed by atoms with Crippen molar-refractivity contribution in [1.29, 1.82) is 0 Å². The van der Waals surface area contributed by atoms with Crippen LogP contribution in [0.25, 0.3) is 0 Å². The maximum absolute atomic E-state index is 12.2. The number of halogens is 2. The molecule has 0 radical (unpaired) electrons. The largest absolute Gasteiger partial charge is 0.355 e. The van der Waals surface area contributed by atoms with Gasteiger partial charge in [0.15, 0.2) is 0 Å². The van der Waals surface area contributed by atoms with Gasteiger partial charge in [0.05, 0.1) is 16.1 Å². The van der Waals surface area contributed by atoms with Crippen LogP contribution >= 0.6 is 23.2 Å². The summed E-state index contributed by atoms with van der Waals surface area (Å²) in [5, 5.41) is 2.68. The summed E-state index contributed by atoms with van der Waals surface area (Å²) in [4.78, 5) is 11.5. The molecule has 1 aromatic carbocycles. The van der Waals surface area contributed by atoms with E-state index in [1.807, 2.05) is 6.92 Å². The molecule has 1 rings (SSSR count). The molecule has 8 heteroatoms. The Bertz CT molecular complexity index is 590. The maximum Gasteiger partial charge on any atom is 0.242 e. The van der Waals surface area contributed by atoms with Gasteiger partial charge >= 0.3 is 0 Å². The fraction of sp³-hybridized carbons (Fsp3) is 0.417. The zero-order valence-electron chi connectivity index (χ0n) is 11.1. The summed E-state index contributed by atoms with van der Waals surface area (Å²) in [5.41, 5.74) is 0. The average molecular weight is 339 g/mol. The fourth-order valence-corrected chi connectivity index (χ4v) is 3.41. The molecule has 1 unspecified atom stereocenters. The highest BCUT2D eigenvalue weighted by Gasteiger charge is 2.24. The first-order chi connectivity index (χ1) is 9.29. The summed E-state index contributed by atoms with van der Waals surface area (Å²) >= 11 is 11.7. The standard InChI is InChI=1S/C12H16Cl2N2O3S/c1-3-7-15-12(17)8(2)16-20(18,19)10-6-4-5-9(13)11(10)14/h4-6,8,16H,3,7H2,1-2H3,(H,15,17). The van der Waals surface area contributed by atoms with Crippen LogP contribution in [0.5, 0.6) is 0 Å². The van der Waals surface area contributed by atoms with E-state index < -0.39 is 22.0 Å². The van der Waals surface area contributed by atoms with Crippen molar-refractivity contribution in [2.24, 2.45) is 0 Å². The first-order valence-electron chi connectivity index (χ1n) is 6.03. The second kappa shape index (κ2) is 7.26. The Morgan fingerprint density at radius 3 is 2.60 bits per heavy atom. The molecular formula is C12H16Cl2N2O3S. The topological polar surface area (TPSA) is 75.3 Å². The predicted octanol–water partition coefficient (Wildman–Crippen LogP) is 2.19. The van der Waals surface area contributed by atoms with Crippen LogP contribution in [0.1, 0.15) is 20.3 Å². The lowest BCUT2D eigenvalue weighted by atomic mass is 10.3. The summed E-state index contributed by atoms with van der Waals surface area (Å²) < 4.78 is 26.6. The van der Waals surface area contributed by atoms with E-state index in [0.29, 0.717) is 6.54 Å². The zero-order valence-corrected chi connectivity index (χ0v) is 13.4. The van der Waals surface area contributed by atoms with Gasteiger partial charge in [0, 0.05) is 6.54 Å². The lowest BCUT2D eigenvalue weighted by Gasteiger charge is -2.15. The van der Waals surface area contributed by atoms with Crippen molar-refractivity contribution in [3.8, 4) is 0 Å². The number of hydrogen-bond acceptors (Lipinski definition) is 3. The van der Waals surface area contributed by atoms with E-state index in [1.54, 1.807) is 0 Å². The Morgan fingerprint density at radius 1 is 1.35 bits per heavy atom. The van der Waals surface area contributed by atoms with Gasteiger partial charge in [-0.25, -0.2) is 8.42 Å². The van der Waals surface area contributed by atoms with Gasteiger partial charge in [0.25, 0.3) is 0 Å². The van der Waals surface area contributed by atoms with Crippen LogP contribution in [0, 0.1) is 0 Å². The van der Waals surface area contributed by atoms with Crippen molar-refractivity contribution in [3.05, 3.63) is 28.2 Å². The molecule has 0 saturated carbocycles. The third-order valence-electron chi connectivity index (χ3n) is 2.48. The molecule has 1 atom stereocenters. The minimum atomic E-state index is -3.91. The summed E-state index contributed by atoms with van der Waals surface area (Å²) in [6, 6.07) is 3.39. The second-order valence-electron chi connectivity index (χ2n) is 4.19. The Labute approximate surface area is 128 Å². The van der Waals surface area contributed by atoms with E-state index in [-0.39, 0.29) is 14.9 Å². The van der Waals surface area contributed by atoms with E-state index in [9.17, 15) is 13.2 Å². The number of nitrogens with one attached hydrogen (secondary N) is 2. The van der Waals surface area contributed by atoms with Crippen molar-refractivity contribution < 1.29 is 13.2 Å². The van der Waals surface area contributed by atoms with Gasteiger partial charge in [0.2, 0.25) is 15.9 Å². The minimum Gasteiger partial charge on any atom is -0.355 e. The molecule has 0 aliphatic rings. The highest BCUT2D eigenvalue weighted by atomic mass is 35.5. The molecule has 0 aliphatic heterocycles. The highest BCUT2D eigenvalue weighted by Crippen LogP contribution is 2.28. The summed E-state index contributed by atoms with van der Waals surface area (Å²) in [6.45, 7) is 3.85. The Morgan fingerprint density at radius 2 is 2.00 bits per heavy atom. The molecule has 0 heterocycles. The number of carbonyl (C=O) groups excluding carboxylic acids is 1. The maximum atomic E-state index is 12.2. The quantitative estimate of drug-likeness (QED) is 0.834. The van der Waals surface area contributed by atoms with Crippen LogP contribution < -0.4 is 10.0 Å². The number of carbonyl (C=O) groups is 1. The zero-order chi connectivity index (χ0) is 15.3. The van der Waals surface area contributed by atoms with Gasteiger partial charge in [0.1, 0.15) is 4.90 Å². The Balaban J connectivity index is 2.90. The van der Waals surface area contributed by atoms with Gasteiger partial charge in [-0.2, -0.15) is 4.72 Å². The van der Waals surface area contributed by atoms with E-state index in [1.165, 1.54) is 25.1 Å². The highest BCUT2D eigenvalue weighted by molar-refractivity contribution is 7.89. The van der Waals surface area contributed by atoms with Crippen molar-refractivity contribution in [1.82, 2.24) is 10.0 Å². The van der Waals surface area contributed by atoms with Crippen molar-refractivity contribution in [2.45, 2.75) is 31.2 Å². The molecule has 0 fully saturated rings. The van der Waals surface area contributed by atoms with Crippen molar-refractivity contribution >= 4 is 39.1 Å². The van der Waals surface area contributed by atoms with Crippen molar-refractivity contribution in [3.63, 3.8) is 0 Å². The molecule has 2 N–H and O–H groups in total. The molecule has 0 aromatic heterocycles. The SMILES string of the molecule is CCCNC(=O)C(C)NS(=O)(=O)c1cccc(Cl)c1Cl. The van der Waals surface area contributed by atoms with Gasteiger partial charge in [-0.05, 0) is 25.5 Å². The first kappa shape index (κ1) is 17.2. The number of rotatable bonds is 6. The fourth-order valence-electron chi connectivity index (χ4n) is 1.44. The minimum absolute atomic E-state index is 0.0668. The number of hydrogen-bond donors (Lipinski definition) is 2. The second-order valence-corrected chi connectivity index (χ2v) is 6.65. The lowest BCUT2D eigenvalue weighted by molar-refractivity contribution is -0.122. The molecule has 0 spiro atoms. The van der Waals surface area contributed by atoms with Gasteiger partial charge < -0.3 is 5.32 Å². The van der Waals surface area contributed by atoms with Gasteiger partial charge in [-0.1, -0.05) is 36.2 Å². The molecule has 0 aliphatic carbocycles. The van der Waals surface area contributed by atoms with E-state index in [0.717, 1.165) is 6.42 Å². The van der Waals surface area contributed by atoms with Crippen LogP contribution in [-0.4, -0.2) is 26.9 Å². The average Bonchev–Trinajstić information content (AvgIpc) is 2.38. The third kappa shape index (κ3) is 4.34. The van der Waals surface area contributed by atoms with Gasteiger partial charge in [-0.3, -0.25) is 4.79 Å². The van der Waals surface area contributed by atoms with E-state index >= 15 is 0 Å². The molecule has 20 heavy (non-hydrogen) atoms. The molecular weight excluding hydrogens is 323 g/mol. The number of sulfonamides is 1. The van der Waals surface area contributed by atoms with Crippen LogP contribution in [0.3, 0.4) is 0 Å². The summed E-state index contributed by atoms with van der Waals surface area (Å²) in [6.07, 6.45) is 0.769. The molecule has 112 valence electrons. The number of benzene rings is 1. The summed E-state index contributed by atoms with van der Waals surface area (Å²) in [7, 11) is -3.91. The van der Waals surface area contributed by atoms with Crippen LogP contribution in [-0.2, 0) is 14.8 Å². The molecule has 0 bridgehead atoms. The normalized spacial score (nSPS) is 13.0. The summed E-state index contributed by atoms with van der Waals surface area (Å²) in [5.74, 6) is -0.395. The number of amides is 1. The smallest absolute Gasteiger partial charge is 0.242 e. The van der Waals surface area contributed by atoms with Crippen LogP contribution in [0.4, 0.5) is 0 Å². The molecule has 1 aromatic rings. The van der Waals surface area contributed by atoms with Crippen molar-refractivity contribution in [2.75, 3.05) is 6.54 Å². The Kier molecular flexibility index (Phi) is 6.26. The van der Waals surface area contributed by atoms with Gasteiger partial charge in [-0.15, -0.1) is 0 Å². The lowest BCUT2D eigenvalue weighted by Crippen LogP contribution is -2.44.